The number of rotatable bonds is 6. The molecule has 3 aromatic rings. The van der Waals surface area contributed by atoms with Gasteiger partial charge < -0.3 is 14.3 Å². The van der Waals surface area contributed by atoms with Crippen LogP contribution in [-0.4, -0.2) is 28.3 Å². The third-order valence-electron chi connectivity index (χ3n) is 5.01. The van der Waals surface area contributed by atoms with Gasteiger partial charge in [0.05, 0.1) is 29.4 Å². The van der Waals surface area contributed by atoms with E-state index in [1.807, 2.05) is 13.0 Å². The van der Waals surface area contributed by atoms with E-state index >= 15 is 0 Å². The third kappa shape index (κ3) is 3.19. The molecule has 0 spiro atoms. The van der Waals surface area contributed by atoms with Gasteiger partial charge in [0, 0.05) is 30.6 Å². The number of fused-ring (bicyclic) bond motifs is 1. The van der Waals surface area contributed by atoms with Crippen molar-refractivity contribution in [1.29, 1.82) is 0 Å². The number of aromatic nitrogens is 3. The maximum absolute atomic E-state index is 11.7. The lowest BCUT2D eigenvalue weighted by molar-refractivity contribution is 0.155. The highest BCUT2D eigenvalue weighted by Gasteiger charge is 2.18. The molecule has 1 N–H and O–H groups in total. The maximum atomic E-state index is 11.7. The minimum Gasteiger partial charge on any atom is -0.383 e. The second-order valence-corrected chi connectivity index (χ2v) is 6.83. The highest BCUT2D eigenvalue weighted by atomic mass is 16.5. The maximum Gasteiger partial charge on any atom is 0.248 e. The Balaban J connectivity index is 2.21. The molecule has 1 atom stereocenters. The fraction of sp³-hybridized carbons (Fsp3) is 0.429. The quantitative estimate of drug-likeness (QED) is 0.723. The summed E-state index contributed by atoms with van der Waals surface area (Å²) >= 11 is 0. The zero-order valence-electron chi connectivity index (χ0n) is 16.2. The lowest BCUT2D eigenvalue weighted by Gasteiger charge is -2.18. The van der Waals surface area contributed by atoms with Crippen LogP contribution in [0, 0.1) is 13.8 Å². The van der Waals surface area contributed by atoms with Crippen molar-refractivity contribution in [3.63, 3.8) is 0 Å². The monoisotopic (exact) mass is 353 g/mol. The number of pyridine rings is 2. The molecule has 0 bridgehead atoms. The van der Waals surface area contributed by atoms with Crippen LogP contribution < -0.4 is 5.56 Å². The molecule has 0 aliphatic heterocycles. The highest BCUT2D eigenvalue weighted by molar-refractivity contribution is 5.84. The van der Waals surface area contributed by atoms with E-state index in [1.165, 1.54) is 0 Å². The summed E-state index contributed by atoms with van der Waals surface area (Å²) in [5.41, 5.74) is 7.19. The summed E-state index contributed by atoms with van der Waals surface area (Å²) in [6.45, 7) is 9.07. The summed E-state index contributed by atoms with van der Waals surface area (Å²) in [7, 11) is 1.74. The molecule has 5 nitrogen and oxygen atoms in total. The van der Waals surface area contributed by atoms with E-state index in [0.29, 0.717) is 12.6 Å². The van der Waals surface area contributed by atoms with Gasteiger partial charge in [0.2, 0.25) is 5.56 Å². The Hall–Kier alpha value is -2.40. The Labute approximate surface area is 154 Å². The average molecular weight is 353 g/mol. The van der Waals surface area contributed by atoms with E-state index in [0.717, 1.165) is 52.0 Å². The van der Waals surface area contributed by atoms with Crippen LogP contribution in [0.3, 0.4) is 0 Å². The van der Waals surface area contributed by atoms with Gasteiger partial charge in [-0.1, -0.05) is 13.8 Å². The van der Waals surface area contributed by atoms with Crippen molar-refractivity contribution in [2.45, 2.75) is 46.6 Å². The summed E-state index contributed by atoms with van der Waals surface area (Å²) in [6, 6.07) is 5.95. The van der Waals surface area contributed by atoms with Gasteiger partial charge in [-0.3, -0.25) is 4.79 Å². The molecule has 0 aliphatic carbocycles. The van der Waals surface area contributed by atoms with Crippen molar-refractivity contribution < 1.29 is 4.74 Å². The van der Waals surface area contributed by atoms with Crippen molar-refractivity contribution in [3.8, 4) is 11.3 Å². The summed E-state index contributed by atoms with van der Waals surface area (Å²) in [4.78, 5) is 19.6. The number of ether oxygens (including phenoxy) is 1. The fourth-order valence-electron chi connectivity index (χ4n) is 3.61. The van der Waals surface area contributed by atoms with Crippen LogP contribution in [0.5, 0.6) is 0 Å². The summed E-state index contributed by atoms with van der Waals surface area (Å²) in [5, 5.41) is 0. The Morgan fingerprint density at radius 2 is 2.00 bits per heavy atom. The largest absolute Gasteiger partial charge is 0.383 e. The van der Waals surface area contributed by atoms with Crippen LogP contribution in [0.15, 0.2) is 29.2 Å². The van der Waals surface area contributed by atoms with E-state index in [1.54, 1.807) is 13.2 Å². The van der Waals surface area contributed by atoms with Crippen molar-refractivity contribution >= 4 is 11.0 Å². The van der Waals surface area contributed by atoms with Gasteiger partial charge in [0.15, 0.2) is 0 Å². The molecule has 0 aromatic carbocycles. The van der Waals surface area contributed by atoms with Crippen molar-refractivity contribution in [2.75, 3.05) is 13.7 Å². The average Bonchev–Trinajstić information content (AvgIpc) is 2.94. The molecule has 0 saturated heterocycles. The van der Waals surface area contributed by atoms with Crippen molar-refractivity contribution in [2.24, 2.45) is 0 Å². The Bertz CT molecular complexity index is 985. The fourth-order valence-corrected chi connectivity index (χ4v) is 3.61. The zero-order valence-corrected chi connectivity index (χ0v) is 16.2. The molecule has 138 valence electrons. The number of H-pyrrole nitrogens is 1. The first-order chi connectivity index (χ1) is 12.5. The second-order valence-electron chi connectivity index (χ2n) is 6.83. The minimum atomic E-state index is -0.0722. The number of methoxy groups -OCH3 is 1. The molecule has 3 heterocycles. The van der Waals surface area contributed by atoms with Crippen LogP contribution in [-0.2, 0) is 11.2 Å². The van der Waals surface area contributed by atoms with Gasteiger partial charge in [-0.15, -0.1) is 0 Å². The van der Waals surface area contributed by atoms with Gasteiger partial charge >= 0.3 is 0 Å². The van der Waals surface area contributed by atoms with E-state index < -0.39 is 0 Å². The van der Waals surface area contributed by atoms with Crippen LogP contribution in [0.25, 0.3) is 22.3 Å². The highest BCUT2D eigenvalue weighted by Crippen LogP contribution is 2.31. The molecule has 0 fully saturated rings. The van der Waals surface area contributed by atoms with Gasteiger partial charge in [-0.05, 0) is 49.9 Å². The first kappa shape index (κ1) is 18.4. The Kier molecular flexibility index (Phi) is 5.28. The number of hydrogen-bond acceptors (Lipinski definition) is 3. The molecule has 0 saturated carbocycles. The topological polar surface area (TPSA) is 59.9 Å². The molecule has 3 rings (SSSR count). The Morgan fingerprint density at radius 3 is 2.65 bits per heavy atom. The van der Waals surface area contributed by atoms with E-state index in [4.69, 9.17) is 9.72 Å². The second kappa shape index (κ2) is 7.46. The van der Waals surface area contributed by atoms with Gasteiger partial charge in [0.1, 0.15) is 0 Å². The SMILES string of the molecule is CCc1[nH]c(=O)ccc1-c1nc2c(C)cn(C(CC)COC)c2cc1C. The molecule has 3 aromatic heterocycles. The number of aryl methyl sites for hydroxylation is 3. The number of hydrogen-bond donors (Lipinski definition) is 1. The van der Waals surface area contributed by atoms with Crippen LogP contribution in [0.4, 0.5) is 0 Å². The van der Waals surface area contributed by atoms with E-state index in [2.05, 4.69) is 42.6 Å². The molecular formula is C21H27N3O2. The summed E-state index contributed by atoms with van der Waals surface area (Å²) < 4.78 is 7.68. The van der Waals surface area contributed by atoms with E-state index in [9.17, 15) is 4.79 Å². The van der Waals surface area contributed by atoms with Gasteiger partial charge in [-0.25, -0.2) is 4.98 Å². The lowest BCUT2D eigenvalue weighted by atomic mass is 10.0. The van der Waals surface area contributed by atoms with Gasteiger partial charge in [-0.2, -0.15) is 0 Å². The number of aromatic amines is 1. The Morgan fingerprint density at radius 1 is 1.23 bits per heavy atom. The molecular weight excluding hydrogens is 326 g/mol. The minimum absolute atomic E-state index is 0.0722. The smallest absolute Gasteiger partial charge is 0.248 e. The molecule has 0 amide bonds. The van der Waals surface area contributed by atoms with Crippen LogP contribution in [0.1, 0.15) is 43.1 Å². The van der Waals surface area contributed by atoms with Crippen molar-refractivity contribution in [3.05, 3.63) is 51.6 Å². The molecule has 26 heavy (non-hydrogen) atoms. The number of nitrogens with zero attached hydrogens (tertiary/aromatic N) is 2. The standard InChI is InChI=1S/C21H27N3O2/c1-6-15(12-26-5)24-11-14(4)21-18(24)10-13(3)20(23-21)16-8-9-19(25)22-17(16)7-2/h8-11,15H,6-7,12H2,1-5H3,(H,22,25). The van der Waals surface area contributed by atoms with Crippen LogP contribution >= 0.6 is 0 Å². The third-order valence-corrected chi connectivity index (χ3v) is 5.01. The lowest BCUT2D eigenvalue weighted by Crippen LogP contribution is -2.13. The van der Waals surface area contributed by atoms with E-state index in [-0.39, 0.29) is 5.56 Å². The first-order valence-corrected chi connectivity index (χ1v) is 9.20. The number of nitrogens with one attached hydrogen (secondary N) is 1. The molecule has 5 heteroatoms. The summed E-state index contributed by atoms with van der Waals surface area (Å²) in [5.74, 6) is 0. The van der Waals surface area contributed by atoms with Crippen molar-refractivity contribution in [1.82, 2.24) is 14.5 Å². The predicted octanol–water partition coefficient (Wildman–Crippen LogP) is 4.17. The zero-order chi connectivity index (χ0) is 18.8. The normalized spacial score (nSPS) is 12.7. The molecule has 1 unspecified atom stereocenters. The summed E-state index contributed by atoms with van der Waals surface area (Å²) in [6.07, 6.45) is 3.93. The first-order valence-electron chi connectivity index (χ1n) is 9.20. The van der Waals surface area contributed by atoms with Gasteiger partial charge in [0.25, 0.3) is 0 Å². The molecule has 0 aliphatic rings. The predicted molar refractivity (Wildman–Crippen MR) is 106 cm³/mol. The molecule has 0 radical (unpaired) electrons. The van der Waals surface area contributed by atoms with Crippen LogP contribution in [0.2, 0.25) is 0 Å².